The van der Waals surface area contributed by atoms with Crippen molar-refractivity contribution in [3.05, 3.63) is 94.3 Å². The van der Waals surface area contributed by atoms with Gasteiger partial charge < -0.3 is 9.47 Å². The number of para-hydroxylation sites is 1. The number of hydrogen-bond donors (Lipinski definition) is 0. The van der Waals surface area contributed by atoms with Crippen molar-refractivity contribution < 1.29 is 13.9 Å². The van der Waals surface area contributed by atoms with Crippen LogP contribution < -0.4 is 9.47 Å². The third kappa shape index (κ3) is 3.12. The van der Waals surface area contributed by atoms with Gasteiger partial charge in [-0.15, -0.1) is 0 Å². The Morgan fingerprint density at radius 1 is 1.10 bits per heavy atom. The maximum Gasteiger partial charge on any atom is 0.214 e. The van der Waals surface area contributed by atoms with E-state index in [1.54, 1.807) is 19.2 Å². The third-order valence-corrected chi connectivity index (χ3v) is 5.55. The van der Waals surface area contributed by atoms with E-state index in [0.717, 1.165) is 28.2 Å². The fraction of sp³-hybridized carbons (Fsp3) is 0.174. The van der Waals surface area contributed by atoms with E-state index in [4.69, 9.17) is 26.2 Å². The molecular weight excluding hydrogens is 391 g/mol. The summed E-state index contributed by atoms with van der Waals surface area (Å²) in [6, 6.07) is 19.9. The van der Waals surface area contributed by atoms with E-state index < -0.39 is 6.23 Å². The second-order valence-electron chi connectivity index (χ2n) is 7.06. The fourth-order valence-corrected chi connectivity index (χ4v) is 4.14. The maximum atomic E-state index is 13.4. The number of methoxy groups -OCH3 is 1. The summed E-state index contributed by atoms with van der Waals surface area (Å²) in [7, 11) is 1.63. The minimum atomic E-state index is -0.444. The first-order valence-electron chi connectivity index (χ1n) is 9.35. The summed E-state index contributed by atoms with van der Waals surface area (Å²) in [6.07, 6.45) is 0.243. The topological polar surface area (TPSA) is 34.1 Å². The summed E-state index contributed by atoms with van der Waals surface area (Å²) in [4.78, 5) is 0. The molecule has 0 aliphatic carbocycles. The van der Waals surface area contributed by atoms with Gasteiger partial charge in [0, 0.05) is 22.6 Å². The van der Waals surface area contributed by atoms with Crippen molar-refractivity contribution in [3.8, 4) is 11.5 Å². The lowest BCUT2D eigenvalue weighted by Crippen LogP contribution is -2.33. The highest BCUT2D eigenvalue weighted by atomic mass is 35.5. The highest BCUT2D eigenvalue weighted by Gasteiger charge is 2.42. The molecule has 0 N–H and O–H groups in total. The first kappa shape index (κ1) is 18.0. The quantitative estimate of drug-likeness (QED) is 0.555. The number of hydrazone groups is 1. The van der Waals surface area contributed by atoms with Gasteiger partial charge >= 0.3 is 0 Å². The molecule has 29 heavy (non-hydrogen) atoms. The number of nitrogens with zero attached hydrogens (tertiary/aromatic N) is 2. The lowest BCUT2D eigenvalue weighted by atomic mass is 9.95. The fourth-order valence-electron chi connectivity index (χ4n) is 3.94. The zero-order valence-corrected chi connectivity index (χ0v) is 16.4. The Labute approximate surface area is 173 Å². The van der Waals surface area contributed by atoms with Crippen LogP contribution in [0.15, 0.2) is 71.8 Å². The van der Waals surface area contributed by atoms with Crippen LogP contribution in [0, 0.1) is 5.82 Å². The molecule has 2 atom stereocenters. The van der Waals surface area contributed by atoms with Crippen molar-refractivity contribution in [1.29, 1.82) is 0 Å². The Bertz CT molecular complexity index is 1100. The largest absolute Gasteiger partial charge is 0.493 e. The molecule has 6 heteroatoms. The molecule has 4 nitrogen and oxygen atoms in total. The molecule has 2 aliphatic heterocycles. The second-order valence-corrected chi connectivity index (χ2v) is 7.49. The van der Waals surface area contributed by atoms with Gasteiger partial charge in [0.25, 0.3) is 0 Å². The number of ether oxygens (including phenoxy) is 2. The predicted molar refractivity (Wildman–Crippen MR) is 110 cm³/mol. The number of fused-ring (bicyclic) bond motifs is 3. The number of hydrogen-bond acceptors (Lipinski definition) is 4. The molecule has 0 spiro atoms. The molecular formula is C23H18ClFN2O2. The van der Waals surface area contributed by atoms with Gasteiger partial charge in [0.2, 0.25) is 6.23 Å². The molecule has 0 amide bonds. The number of halogens is 2. The smallest absolute Gasteiger partial charge is 0.214 e. The van der Waals surface area contributed by atoms with E-state index >= 15 is 0 Å². The van der Waals surface area contributed by atoms with Crippen molar-refractivity contribution in [2.75, 3.05) is 7.11 Å². The summed E-state index contributed by atoms with van der Waals surface area (Å²) in [5.74, 6) is 1.14. The minimum Gasteiger partial charge on any atom is -0.493 e. The molecule has 3 aromatic rings. The molecule has 3 aromatic carbocycles. The van der Waals surface area contributed by atoms with Crippen LogP contribution in [0.1, 0.15) is 35.4 Å². The van der Waals surface area contributed by atoms with Crippen LogP contribution in [0.4, 0.5) is 4.39 Å². The van der Waals surface area contributed by atoms with Crippen molar-refractivity contribution in [1.82, 2.24) is 5.01 Å². The Morgan fingerprint density at radius 3 is 2.66 bits per heavy atom. The van der Waals surface area contributed by atoms with Gasteiger partial charge in [-0.25, -0.2) is 9.40 Å². The average Bonchev–Trinajstić information content (AvgIpc) is 3.19. The van der Waals surface area contributed by atoms with E-state index in [1.165, 1.54) is 12.1 Å². The molecule has 0 radical (unpaired) electrons. The van der Waals surface area contributed by atoms with Crippen molar-refractivity contribution in [2.45, 2.75) is 18.7 Å². The molecule has 146 valence electrons. The van der Waals surface area contributed by atoms with Gasteiger partial charge in [-0.1, -0.05) is 48.0 Å². The first-order chi connectivity index (χ1) is 14.1. The first-order valence-corrected chi connectivity index (χ1v) is 9.72. The van der Waals surface area contributed by atoms with Crippen molar-refractivity contribution in [3.63, 3.8) is 0 Å². The zero-order valence-electron chi connectivity index (χ0n) is 15.7. The summed E-state index contributed by atoms with van der Waals surface area (Å²) >= 11 is 6.24. The molecule has 5 rings (SSSR count). The summed E-state index contributed by atoms with van der Waals surface area (Å²) in [6.45, 7) is 0. The van der Waals surface area contributed by atoms with Crippen LogP contribution >= 0.6 is 11.6 Å². The SMILES string of the molecule is COc1cccc2c1OC(c1cccc(Cl)c1)N1N=C(c3ccc(F)cc3)CC21. The lowest BCUT2D eigenvalue weighted by molar-refractivity contribution is -0.0208. The van der Waals surface area contributed by atoms with E-state index in [-0.39, 0.29) is 11.9 Å². The van der Waals surface area contributed by atoms with E-state index in [9.17, 15) is 4.39 Å². The molecule has 2 aliphatic rings. The van der Waals surface area contributed by atoms with Gasteiger partial charge in [-0.2, -0.15) is 5.10 Å². The predicted octanol–water partition coefficient (Wildman–Crippen LogP) is 5.73. The zero-order chi connectivity index (χ0) is 20.0. The Kier molecular flexibility index (Phi) is 4.40. The van der Waals surface area contributed by atoms with E-state index in [1.807, 2.05) is 47.5 Å². The van der Waals surface area contributed by atoms with Crippen LogP contribution in [0.2, 0.25) is 5.02 Å². The monoisotopic (exact) mass is 408 g/mol. The van der Waals surface area contributed by atoms with Crippen LogP contribution in [-0.4, -0.2) is 17.8 Å². The minimum absolute atomic E-state index is 0.0158. The van der Waals surface area contributed by atoms with Crippen LogP contribution in [0.3, 0.4) is 0 Å². The Hall–Kier alpha value is -3.05. The van der Waals surface area contributed by atoms with Crippen LogP contribution in [0.5, 0.6) is 11.5 Å². The molecule has 0 saturated carbocycles. The van der Waals surface area contributed by atoms with Gasteiger partial charge in [0.1, 0.15) is 5.82 Å². The average molecular weight is 409 g/mol. The standard InChI is InChI=1S/C23H18ClFN2O2/c1-28-21-7-3-6-18-20-13-19(14-8-10-17(25)11-9-14)26-27(20)23(29-22(18)21)15-4-2-5-16(24)12-15/h2-12,20,23H,13H2,1H3. The molecule has 2 unspecified atom stereocenters. The van der Waals surface area contributed by atoms with Crippen LogP contribution in [-0.2, 0) is 0 Å². The summed E-state index contributed by atoms with van der Waals surface area (Å²) < 4.78 is 25.3. The molecule has 0 bridgehead atoms. The Morgan fingerprint density at radius 2 is 1.90 bits per heavy atom. The number of benzene rings is 3. The summed E-state index contributed by atoms with van der Waals surface area (Å²) in [5, 5.41) is 7.47. The highest BCUT2D eigenvalue weighted by molar-refractivity contribution is 6.30. The molecule has 0 fully saturated rings. The highest BCUT2D eigenvalue weighted by Crippen LogP contribution is 2.50. The number of rotatable bonds is 3. The van der Waals surface area contributed by atoms with Gasteiger partial charge in [-0.3, -0.25) is 0 Å². The van der Waals surface area contributed by atoms with Crippen molar-refractivity contribution >= 4 is 17.3 Å². The van der Waals surface area contributed by atoms with Crippen LogP contribution in [0.25, 0.3) is 0 Å². The Balaban J connectivity index is 1.62. The lowest BCUT2D eigenvalue weighted by Gasteiger charge is -2.38. The molecule has 2 heterocycles. The second kappa shape index (κ2) is 7.08. The summed E-state index contributed by atoms with van der Waals surface area (Å²) in [5.41, 5.74) is 3.71. The van der Waals surface area contributed by atoms with Gasteiger partial charge in [0.05, 0.1) is 18.9 Å². The van der Waals surface area contributed by atoms with Gasteiger partial charge in [-0.05, 0) is 35.9 Å². The maximum absolute atomic E-state index is 13.4. The molecule has 0 saturated heterocycles. The van der Waals surface area contributed by atoms with Gasteiger partial charge in [0.15, 0.2) is 11.5 Å². The van der Waals surface area contributed by atoms with E-state index in [2.05, 4.69) is 0 Å². The molecule has 0 aromatic heterocycles. The van der Waals surface area contributed by atoms with Crippen molar-refractivity contribution in [2.24, 2.45) is 5.10 Å². The third-order valence-electron chi connectivity index (χ3n) is 5.31. The normalized spacial score (nSPS) is 19.8. The van der Waals surface area contributed by atoms with E-state index in [0.29, 0.717) is 17.2 Å².